The molecule has 0 aliphatic rings. The molecule has 20 heavy (non-hydrogen) atoms. The van der Waals surface area contributed by atoms with Crippen molar-refractivity contribution in [1.82, 2.24) is 10.6 Å². The predicted octanol–water partition coefficient (Wildman–Crippen LogP) is 0.708. The van der Waals surface area contributed by atoms with Crippen LogP contribution in [0, 0.1) is 5.92 Å². The van der Waals surface area contributed by atoms with Crippen molar-refractivity contribution in [2.24, 2.45) is 5.92 Å². The lowest BCUT2D eigenvalue weighted by Crippen LogP contribution is -2.32. The lowest BCUT2D eigenvalue weighted by molar-refractivity contribution is -0.125. The predicted molar refractivity (Wildman–Crippen MR) is 77.4 cm³/mol. The molecule has 2 amide bonds. The minimum atomic E-state index is -0.0575. The first-order valence-corrected chi connectivity index (χ1v) is 7.25. The molecule has 0 aliphatic carbocycles. The molecule has 0 bridgehead atoms. The average molecular weight is 288 g/mol. The third-order valence-electron chi connectivity index (χ3n) is 2.71. The van der Waals surface area contributed by atoms with Crippen LogP contribution in [0.2, 0.25) is 0 Å². The number of hydrogen-bond acceptors (Lipinski definition) is 4. The lowest BCUT2D eigenvalue weighted by Gasteiger charge is -2.11. The quantitative estimate of drug-likeness (QED) is 0.519. The summed E-state index contributed by atoms with van der Waals surface area (Å²) in [6.45, 7) is 8.45. The van der Waals surface area contributed by atoms with Gasteiger partial charge < -0.3 is 20.1 Å². The molecular formula is C14H28N2O4. The largest absolute Gasteiger partial charge is 0.377 e. The summed E-state index contributed by atoms with van der Waals surface area (Å²) in [4.78, 5) is 22.1. The smallest absolute Gasteiger partial charge is 0.222 e. The molecule has 0 spiro atoms. The van der Waals surface area contributed by atoms with Crippen molar-refractivity contribution >= 4 is 11.8 Å². The van der Waals surface area contributed by atoms with E-state index in [2.05, 4.69) is 17.6 Å². The van der Waals surface area contributed by atoms with Crippen LogP contribution in [0.1, 0.15) is 33.6 Å². The van der Waals surface area contributed by atoms with Gasteiger partial charge in [-0.3, -0.25) is 9.59 Å². The monoisotopic (exact) mass is 288 g/mol. The fourth-order valence-electron chi connectivity index (χ4n) is 1.61. The fourth-order valence-corrected chi connectivity index (χ4v) is 1.61. The zero-order valence-corrected chi connectivity index (χ0v) is 12.9. The van der Waals surface area contributed by atoms with Crippen molar-refractivity contribution in [2.45, 2.75) is 33.6 Å². The van der Waals surface area contributed by atoms with Crippen molar-refractivity contribution in [2.75, 3.05) is 39.5 Å². The molecule has 0 radical (unpaired) electrons. The van der Waals surface area contributed by atoms with Gasteiger partial charge in [0.25, 0.3) is 0 Å². The van der Waals surface area contributed by atoms with Crippen molar-refractivity contribution in [3.05, 3.63) is 0 Å². The van der Waals surface area contributed by atoms with Crippen LogP contribution in [0.25, 0.3) is 0 Å². The van der Waals surface area contributed by atoms with Gasteiger partial charge in [-0.05, 0) is 6.42 Å². The summed E-state index contributed by atoms with van der Waals surface area (Å²) in [6.07, 6.45) is 1.93. The molecule has 0 saturated heterocycles. The molecular weight excluding hydrogens is 260 g/mol. The summed E-state index contributed by atoms with van der Waals surface area (Å²) >= 11 is 0. The summed E-state index contributed by atoms with van der Waals surface area (Å²) in [5.41, 5.74) is 0. The van der Waals surface area contributed by atoms with Crippen LogP contribution >= 0.6 is 0 Å². The van der Waals surface area contributed by atoms with Crippen LogP contribution in [0.3, 0.4) is 0 Å². The van der Waals surface area contributed by atoms with E-state index in [1.165, 1.54) is 6.92 Å². The summed E-state index contributed by atoms with van der Waals surface area (Å²) in [5, 5.41) is 5.48. The van der Waals surface area contributed by atoms with Gasteiger partial charge in [-0.1, -0.05) is 20.3 Å². The van der Waals surface area contributed by atoms with E-state index in [9.17, 15) is 9.59 Å². The Morgan fingerprint density at radius 2 is 1.55 bits per heavy atom. The highest BCUT2D eigenvalue weighted by atomic mass is 16.5. The van der Waals surface area contributed by atoms with Crippen molar-refractivity contribution in [1.29, 1.82) is 0 Å². The molecule has 1 unspecified atom stereocenters. The molecule has 6 nitrogen and oxygen atoms in total. The maximum atomic E-state index is 11.6. The summed E-state index contributed by atoms with van der Waals surface area (Å²) in [5.74, 6) is 0.0945. The summed E-state index contributed by atoms with van der Waals surface area (Å²) in [6, 6.07) is 0. The second-order valence-electron chi connectivity index (χ2n) is 4.69. The standard InChI is InChI=1S/C14H28N2O4/c1-4-5-12(2)14(18)16-7-9-20-11-10-19-8-6-15-13(3)17/h12H,4-11H2,1-3H3,(H,15,17)(H,16,18). The first kappa shape index (κ1) is 18.9. The van der Waals surface area contributed by atoms with Gasteiger partial charge >= 0.3 is 0 Å². The molecule has 0 saturated carbocycles. The SMILES string of the molecule is CCCC(C)C(=O)NCCOCCOCCNC(C)=O. The topological polar surface area (TPSA) is 76.7 Å². The van der Waals surface area contributed by atoms with E-state index < -0.39 is 0 Å². The normalized spacial score (nSPS) is 11.9. The highest BCUT2D eigenvalue weighted by Crippen LogP contribution is 2.03. The fraction of sp³-hybridized carbons (Fsp3) is 0.857. The third-order valence-corrected chi connectivity index (χ3v) is 2.71. The zero-order valence-electron chi connectivity index (χ0n) is 12.9. The van der Waals surface area contributed by atoms with Crippen LogP contribution in [-0.4, -0.2) is 51.3 Å². The second kappa shape index (κ2) is 12.9. The van der Waals surface area contributed by atoms with Crippen LogP contribution in [0.15, 0.2) is 0 Å². The first-order chi connectivity index (χ1) is 9.57. The van der Waals surface area contributed by atoms with E-state index in [-0.39, 0.29) is 17.7 Å². The zero-order chi connectivity index (χ0) is 15.2. The molecule has 2 N–H and O–H groups in total. The van der Waals surface area contributed by atoms with E-state index >= 15 is 0 Å². The average Bonchev–Trinajstić information content (AvgIpc) is 2.40. The Balaban J connectivity index is 3.24. The first-order valence-electron chi connectivity index (χ1n) is 7.25. The number of hydrogen-bond donors (Lipinski definition) is 2. The molecule has 0 aromatic heterocycles. The van der Waals surface area contributed by atoms with Gasteiger partial charge in [-0.25, -0.2) is 0 Å². The molecule has 6 heteroatoms. The highest BCUT2D eigenvalue weighted by Gasteiger charge is 2.10. The summed E-state index contributed by atoms with van der Waals surface area (Å²) in [7, 11) is 0. The summed E-state index contributed by atoms with van der Waals surface area (Å²) < 4.78 is 10.6. The van der Waals surface area contributed by atoms with Crippen molar-refractivity contribution in [3.8, 4) is 0 Å². The Morgan fingerprint density at radius 1 is 1.00 bits per heavy atom. The van der Waals surface area contributed by atoms with E-state index in [1.807, 2.05) is 6.92 Å². The maximum absolute atomic E-state index is 11.6. The Labute approximate surface area is 121 Å². The number of amides is 2. The second-order valence-corrected chi connectivity index (χ2v) is 4.69. The van der Waals surface area contributed by atoms with Gasteiger partial charge in [-0.2, -0.15) is 0 Å². The van der Waals surface area contributed by atoms with Gasteiger partial charge in [0.1, 0.15) is 0 Å². The van der Waals surface area contributed by atoms with Crippen LogP contribution in [0.5, 0.6) is 0 Å². The van der Waals surface area contributed by atoms with Crippen LogP contribution < -0.4 is 10.6 Å². The molecule has 0 rings (SSSR count). The maximum Gasteiger partial charge on any atom is 0.222 e. The number of nitrogens with one attached hydrogen (secondary N) is 2. The number of ether oxygens (including phenoxy) is 2. The minimum Gasteiger partial charge on any atom is -0.377 e. The molecule has 0 fully saturated rings. The molecule has 0 aliphatic heterocycles. The van der Waals surface area contributed by atoms with Crippen molar-refractivity contribution < 1.29 is 19.1 Å². The van der Waals surface area contributed by atoms with Gasteiger partial charge in [0, 0.05) is 25.9 Å². The number of carbonyl (C=O) groups excluding carboxylic acids is 2. The number of rotatable bonds is 12. The van der Waals surface area contributed by atoms with E-state index in [4.69, 9.17) is 9.47 Å². The molecule has 0 aromatic rings. The highest BCUT2D eigenvalue weighted by molar-refractivity contribution is 5.78. The van der Waals surface area contributed by atoms with E-state index in [0.29, 0.717) is 39.5 Å². The number of carbonyl (C=O) groups is 2. The molecule has 0 aromatic carbocycles. The van der Waals surface area contributed by atoms with Gasteiger partial charge in [-0.15, -0.1) is 0 Å². The van der Waals surface area contributed by atoms with Crippen LogP contribution in [-0.2, 0) is 19.1 Å². The van der Waals surface area contributed by atoms with Gasteiger partial charge in [0.05, 0.1) is 26.4 Å². The molecule has 118 valence electrons. The Morgan fingerprint density at radius 3 is 2.05 bits per heavy atom. The van der Waals surface area contributed by atoms with Gasteiger partial charge in [0.2, 0.25) is 11.8 Å². The molecule has 0 heterocycles. The third kappa shape index (κ3) is 11.9. The van der Waals surface area contributed by atoms with E-state index in [0.717, 1.165) is 12.8 Å². The molecule has 1 atom stereocenters. The Hall–Kier alpha value is -1.14. The van der Waals surface area contributed by atoms with Crippen LogP contribution in [0.4, 0.5) is 0 Å². The van der Waals surface area contributed by atoms with Crippen molar-refractivity contribution in [3.63, 3.8) is 0 Å². The minimum absolute atomic E-state index is 0.0575. The Bertz CT molecular complexity index is 272. The Kier molecular flexibility index (Phi) is 12.1. The lowest BCUT2D eigenvalue weighted by atomic mass is 10.1. The van der Waals surface area contributed by atoms with Gasteiger partial charge in [0.15, 0.2) is 0 Å². The van der Waals surface area contributed by atoms with E-state index in [1.54, 1.807) is 0 Å².